The van der Waals surface area contributed by atoms with E-state index in [0.717, 1.165) is 57.8 Å². The molecule has 1 amide bonds. The fourth-order valence-corrected chi connectivity index (χ4v) is 9.05. The predicted octanol–water partition coefficient (Wildman–Crippen LogP) is 17.1. The monoisotopic (exact) mass is 878 g/mol. The quantitative estimate of drug-likeness (QED) is 0.0418. The summed E-state index contributed by atoms with van der Waals surface area (Å²) in [7, 11) is 0. The van der Waals surface area contributed by atoms with Crippen LogP contribution in [0.1, 0.15) is 322 Å². The summed E-state index contributed by atoms with van der Waals surface area (Å²) in [5, 5.41) is 23.2. The zero-order chi connectivity index (χ0) is 45.1. The minimum absolute atomic E-state index is 0.00386. The molecule has 370 valence electrons. The molecule has 0 aliphatic rings. The average Bonchev–Trinajstić information content (AvgIpc) is 3.27. The Bertz CT molecular complexity index is 882. The maximum absolute atomic E-state index is 12.5. The van der Waals surface area contributed by atoms with Gasteiger partial charge >= 0.3 is 5.97 Å². The first-order valence-corrected chi connectivity index (χ1v) is 28.3. The average molecular weight is 879 g/mol. The van der Waals surface area contributed by atoms with E-state index in [-0.39, 0.29) is 18.5 Å². The molecule has 0 aliphatic carbocycles. The number of unbranched alkanes of at least 4 members (excludes halogenated alkanes) is 42. The number of amides is 1. The largest absolute Gasteiger partial charge is 0.466 e. The van der Waals surface area contributed by atoms with Crippen molar-refractivity contribution in [1.82, 2.24) is 5.32 Å². The topological polar surface area (TPSA) is 95.9 Å². The zero-order valence-corrected chi connectivity index (χ0v) is 42.1. The zero-order valence-electron chi connectivity index (χ0n) is 42.1. The Morgan fingerprint density at radius 2 is 0.661 bits per heavy atom. The van der Waals surface area contributed by atoms with Crippen LogP contribution < -0.4 is 5.32 Å². The molecule has 2 unspecified atom stereocenters. The lowest BCUT2D eigenvalue weighted by atomic mass is 10.0. The van der Waals surface area contributed by atoms with E-state index in [1.165, 1.54) is 231 Å². The highest BCUT2D eigenvalue weighted by atomic mass is 16.5. The van der Waals surface area contributed by atoms with E-state index in [4.69, 9.17) is 4.74 Å². The van der Waals surface area contributed by atoms with Gasteiger partial charge in [0.1, 0.15) is 0 Å². The molecular formula is C56H111NO5. The number of nitrogens with one attached hydrogen (secondary N) is 1. The number of rotatable bonds is 53. The van der Waals surface area contributed by atoms with Gasteiger partial charge in [-0.05, 0) is 25.7 Å². The highest BCUT2D eigenvalue weighted by Gasteiger charge is 2.20. The Morgan fingerprint density at radius 1 is 0.387 bits per heavy atom. The predicted molar refractivity (Wildman–Crippen MR) is 269 cm³/mol. The van der Waals surface area contributed by atoms with Crippen molar-refractivity contribution < 1.29 is 24.5 Å². The van der Waals surface area contributed by atoms with Gasteiger partial charge in [0.15, 0.2) is 0 Å². The Kier molecular flexibility index (Phi) is 51.5. The number of ether oxygens (including phenoxy) is 1. The molecule has 62 heavy (non-hydrogen) atoms. The van der Waals surface area contributed by atoms with Gasteiger partial charge in [0.05, 0.1) is 25.4 Å². The van der Waals surface area contributed by atoms with Crippen molar-refractivity contribution in [3.63, 3.8) is 0 Å². The molecule has 0 heterocycles. The normalized spacial score (nSPS) is 12.5. The van der Waals surface area contributed by atoms with Gasteiger partial charge in [0, 0.05) is 12.8 Å². The van der Waals surface area contributed by atoms with Gasteiger partial charge in [0.25, 0.3) is 0 Å². The smallest absolute Gasteiger partial charge is 0.305 e. The molecule has 0 spiro atoms. The van der Waals surface area contributed by atoms with E-state index < -0.39 is 12.1 Å². The Balaban J connectivity index is 3.42. The third-order valence-corrected chi connectivity index (χ3v) is 13.4. The maximum Gasteiger partial charge on any atom is 0.305 e. The third-order valence-electron chi connectivity index (χ3n) is 13.4. The highest BCUT2D eigenvalue weighted by Crippen LogP contribution is 2.18. The van der Waals surface area contributed by atoms with Crippen LogP contribution in [0.2, 0.25) is 0 Å². The summed E-state index contributed by atoms with van der Waals surface area (Å²) >= 11 is 0. The van der Waals surface area contributed by atoms with Crippen LogP contribution in [0.3, 0.4) is 0 Å². The van der Waals surface area contributed by atoms with Crippen molar-refractivity contribution in [2.24, 2.45) is 0 Å². The summed E-state index contributed by atoms with van der Waals surface area (Å²) in [6.07, 6.45) is 59.4. The van der Waals surface area contributed by atoms with Gasteiger partial charge in [-0.1, -0.05) is 284 Å². The first-order valence-electron chi connectivity index (χ1n) is 28.3. The first-order chi connectivity index (χ1) is 30.5. The number of carbonyl (C=O) groups is 2. The van der Waals surface area contributed by atoms with E-state index in [1.807, 2.05) is 0 Å². The fraction of sp³-hybridized carbons (Fsp3) is 0.964. The fourth-order valence-electron chi connectivity index (χ4n) is 9.05. The summed E-state index contributed by atoms with van der Waals surface area (Å²) in [6.45, 7) is 4.95. The summed E-state index contributed by atoms with van der Waals surface area (Å²) in [5.41, 5.74) is 0. The molecule has 6 heteroatoms. The van der Waals surface area contributed by atoms with Crippen molar-refractivity contribution in [3.8, 4) is 0 Å². The first kappa shape index (κ1) is 60.9. The molecule has 2 atom stereocenters. The van der Waals surface area contributed by atoms with Crippen LogP contribution in [0.15, 0.2) is 0 Å². The SMILES string of the molecule is CCCCCCCCCCCCCCCCCCCCC(=O)OCCCCCCCCCCCCCCC(=O)NC(CO)C(O)CCCCCCCCCCCCCCCCC. The van der Waals surface area contributed by atoms with Gasteiger partial charge in [-0.15, -0.1) is 0 Å². The molecule has 0 saturated carbocycles. The van der Waals surface area contributed by atoms with Crippen molar-refractivity contribution in [2.45, 2.75) is 334 Å². The minimum Gasteiger partial charge on any atom is -0.466 e. The van der Waals surface area contributed by atoms with E-state index in [0.29, 0.717) is 25.9 Å². The minimum atomic E-state index is -0.673. The van der Waals surface area contributed by atoms with E-state index in [2.05, 4.69) is 19.2 Å². The molecule has 0 aromatic rings. The van der Waals surface area contributed by atoms with Gasteiger partial charge in [-0.2, -0.15) is 0 Å². The Hall–Kier alpha value is -1.14. The lowest BCUT2D eigenvalue weighted by Gasteiger charge is -2.22. The maximum atomic E-state index is 12.5. The molecule has 0 bridgehead atoms. The van der Waals surface area contributed by atoms with Gasteiger partial charge in [-0.25, -0.2) is 0 Å². The molecule has 0 radical (unpaired) electrons. The van der Waals surface area contributed by atoms with Crippen LogP contribution in [0.5, 0.6) is 0 Å². The second kappa shape index (κ2) is 52.5. The van der Waals surface area contributed by atoms with Crippen LogP contribution in [-0.2, 0) is 14.3 Å². The van der Waals surface area contributed by atoms with Crippen molar-refractivity contribution in [1.29, 1.82) is 0 Å². The molecule has 0 fully saturated rings. The molecular weight excluding hydrogens is 767 g/mol. The lowest BCUT2D eigenvalue weighted by molar-refractivity contribution is -0.143. The second-order valence-electron chi connectivity index (χ2n) is 19.6. The molecule has 0 saturated heterocycles. The van der Waals surface area contributed by atoms with Crippen LogP contribution in [0.25, 0.3) is 0 Å². The van der Waals surface area contributed by atoms with E-state index >= 15 is 0 Å². The summed E-state index contributed by atoms with van der Waals surface area (Å²) in [4.78, 5) is 24.5. The molecule has 0 aliphatic heterocycles. The van der Waals surface area contributed by atoms with E-state index in [1.54, 1.807) is 0 Å². The number of esters is 1. The second-order valence-corrected chi connectivity index (χ2v) is 19.6. The molecule has 0 aromatic carbocycles. The molecule has 0 rings (SSSR count). The number of aliphatic hydroxyl groups excluding tert-OH is 2. The van der Waals surface area contributed by atoms with Gasteiger partial charge in [-0.3, -0.25) is 9.59 Å². The summed E-state index contributed by atoms with van der Waals surface area (Å²) in [6, 6.07) is -0.551. The van der Waals surface area contributed by atoms with E-state index in [9.17, 15) is 19.8 Å². The van der Waals surface area contributed by atoms with Crippen LogP contribution in [-0.4, -0.2) is 47.4 Å². The van der Waals surface area contributed by atoms with Crippen molar-refractivity contribution in [2.75, 3.05) is 13.2 Å². The Morgan fingerprint density at radius 3 is 0.984 bits per heavy atom. The number of carbonyl (C=O) groups excluding carboxylic acids is 2. The number of aliphatic hydroxyl groups is 2. The third kappa shape index (κ3) is 48.3. The van der Waals surface area contributed by atoms with Crippen LogP contribution >= 0.6 is 0 Å². The van der Waals surface area contributed by atoms with Crippen molar-refractivity contribution in [3.05, 3.63) is 0 Å². The highest BCUT2D eigenvalue weighted by molar-refractivity contribution is 5.76. The summed E-state index contributed by atoms with van der Waals surface area (Å²) < 4.78 is 5.48. The Labute approximate surface area is 387 Å². The summed E-state index contributed by atoms with van der Waals surface area (Å²) in [5.74, 6) is -0.0514. The number of hydrogen-bond acceptors (Lipinski definition) is 5. The van der Waals surface area contributed by atoms with Gasteiger partial charge in [0.2, 0.25) is 5.91 Å². The standard InChI is InChI=1S/C56H111NO5/c1-3-5-7-9-11-13-15-17-19-20-21-23-25-30-34-38-42-46-50-56(61)62-51-47-43-39-35-31-27-26-29-33-37-41-45-49-55(60)57-53(52-58)54(59)48-44-40-36-32-28-24-22-18-16-14-12-10-8-6-4-2/h53-54,58-59H,3-52H2,1-2H3,(H,57,60). The van der Waals surface area contributed by atoms with Crippen molar-refractivity contribution >= 4 is 11.9 Å². The van der Waals surface area contributed by atoms with Crippen LogP contribution in [0, 0.1) is 0 Å². The molecule has 0 aromatic heterocycles. The lowest BCUT2D eigenvalue weighted by Crippen LogP contribution is -2.45. The number of hydrogen-bond donors (Lipinski definition) is 3. The van der Waals surface area contributed by atoms with Gasteiger partial charge < -0.3 is 20.3 Å². The van der Waals surface area contributed by atoms with Crippen LogP contribution in [0.4, 0.5) is 0 Å². The molecule has 6 nitrogen and oxygen atoms in total. The molecule has 3 N–H and O–H groups in total.